The largest absolute Gasteiger partial charge is 0.310 e. The molecular weight excluding hydrogens is 158 g/mol. The van der Waals surface area contributed by atoms with Gasteiger partial charge in [-0.2, -0.15) is 0 Å². The average molecular weight is 181 g/mol. The predicted octanol–water partition coefficient (Wildman–Crippen LogP) is 3.27. The maximum Gasteiger partial charge on any atom is 0.0279 e. The Morgan fingerprint density at radius 3 is 2.77 bits per heavy atom. The molecule has 0 bridgehead atoms. The Kier molecular flexibility index (Phi) is 5.14. The van der Waals surface area contributed by atoms with Crippen molar-refractivity contribution in [2.45, 2.75) is 58.4 Å². The molecule has 1 N–H and O–H groups in total. The van der Waals surface area contributed by atoms with Gasteiger partial charge in [-0.3, -0.25) is 0 Å². The highest BCUT2D eigenvalue weighted by molar-refractivity contribution is 5.14. The summed E-state index contributed by atoms with van der Waals surface area (Å²) in [5, 5.41) is 3.64. The van der Waals surface area contributed by atoms with Gasteiger partial charge in [0.05, 0.1) is 0 Å². The highest BCUT2D eigenvalue weighted by Crippen LogP contribution is 2.23. The maximum absolute atomic E-state index is 3.64. The highest BCUT2D eigenvalue weighted by Gasteiger charge is 2.14. The molecule has 0 spiro atoms. The Hall–Kier alpha value is -0.300. The van der Waals surface area contributed by atoms with E-state index in [2.05, 4.69) is 25.2 Å². The molecule has 1 atom stereocenters. The van der Waals surface area contributed by atoms with Crippen LogP contribution in [0.1, 0.15) is 52.4 Å². The first-order valence-electron chi connectivity index (χ1n) is 5.80. The van der Waals surface area contributed by atoms with Crippen LogP contribution in [-0.2, 0) is 0 Å². The number of hydrogen-bond donors (Lipinski definition) is 1. The van der Waals surface area contributed by atoms with E-state index in [4.69, 9.17) is 0 Å². The van der Waals surface area contributed by atoms with E-state index < -0.39 is 0 Å². The third-order valence-corrected chi connectivity index (χ3v) is 2.74. The molecule has 0 radical (unpaired) electrons. The molecule has 1 unspecified atom stereocenters. The first kappa shape index (κ1) is 10.8. The van der Waals surface area contributed by atoms with Crippen LogP contribution in [0.2, 0.25) is 0 Å². The van der Waals surface area contributed by atoms with Gasteiger partial charge >= 0.3 is 0 Å². The summed E-state index contributed by atoms with van der Waals surface area (Å²) in [4.78, 5) is 0. The molecule has 1 nitrogen and oxygen atoms in total. The summed E-state index contributed by atoms with van der Waals surface area (Å²) in [5.41, 5.74) is 1.68. The van der Waals surface area contributed by atoms with Gasteiger partial charge in [0.1, 0.15) is 0 Å². The molecule has 13 heavy (non-hydrogen) atoms. The van der Waals surface area contributed by atoms with Crippen molar-refractivity contribution in [3.63, 3.8) is 0 Å². The molecule has 0 heterocycles. The number of hydrogen-bond acceptors (Lipinski definition) is 1. The Balaban J connectivity index is 2.36. The second-order valence-corrected chi connectivity index (χ2v) is 3.97. The zero-order valence-electron chi connectivity index (χ0n) is 9.10. The number of rotatable bonds is 6. The second-order valence-electron chi connectivity index (χ2n) is 3.97. The van der Waals surface area contributed by atoms with Gasteiger partial charge in [-0.25, -0.2) is 0 Å². The summed E-state index contributed by atoms with van der Waals surface area (Å²) in [6.07, 6.45) is 10.3. The first-order valence-corrected chi connectivity index (χ1v) is 5.80. The Labute approximate surface area is 82.6 Å². The van der Waals surface area contributed by atoms with Crippen molar-refractivity contribution in [3.05, 3.63) is 11.6 Å². The van der Waals surface area contributed by atoms with E-state index in [1.807, 2.05) is 0 Å². The molecule has 1 heteroatoms. The molecular formula is C12H23N. The lowest BCUT2D eigenvalue weighted by Crippen LogP contribution is -2.31. The van der Waals surface area contributed by atoms with E-state index >= 15 is 0 Å². The molecule has 76 valence electrons. The number of nitrogens with one attached hydrogen (secondary N) is 1. The third kappa shape index (κ3) is 3.51. The second kappa shape index (κ2) is 6.20. The fourth-order valence-corrected chi connectivity index (χ4v) is 2.04. The predicted molar refractivity (Wildman–Crippen MR) is 58.9 cm³/mol. The molecule has 0 aromatic rings. The molecule has 0 aromatic heterocycles. The molecule has 1 aliphatic carbocycles. The van der Waals surface area contributed by atoms with Crippen LogP contribution in [0, 0.1) is 0 Å². The monoisotopic (exact) mass is 181 g/mol. The average Bonchev–Trinajstić information content (AvgIpc) is 2.65. The maximum atomic E-state index is 3.64. The Morgan fingerprint density at radius 1 is 1.38 bits per heavy atom. The van der Waals surface area contributed by atoms with Crippen LogP contribution in [0.15, 0.2) is 11.6 Å². The zero-order chi connectivity index (χ0) is 9.52. The lowest BCUT2D eigenvalue weighted by molar-refractivity contribution is 0.518. The van der Waals surface area contributed by atoms with Gasteiger partial charge in [-0.15, -0.1) is 0 Å². The molecule has 1 rings (SSSR count). The van der Waals surface area contributed by atoms with Crippen molar-refractivity contribution in [1.29, 1.82) is 0 Å². The van der Waals surface area contributed by atoms with Crippen molar-refractivity contribution < 1.29 is 0 Å². The summed E-state index contributed by atoms with van der Waals surface area (Å²) >= 11 is 0. The SMILES string of the molecule is CCCNC(CCC)C1=CCCC1. The van der Waals surface area contributed by atoms with Gasteiger partial charge in [0, 0.05) is 6.04 Å². The van der Waals surface area contributed by atoms with Gasteiger partial charge in [-0.1, -0.05) is 31.9 Å². The summed E-state index contributed by atoms with van der Waals surface area (Å²) in [5.74, 6) is 0. The van der Waals surface area contributed by atoms with Gasteiger partial charge in [-0.05, 0) is 38.6 Å². The fourth-order valence-electron chi connectivity index (χ4n) is 2.04. The Bertz CT molecular complexity index is 161. The summed E-state index contributed by atoms with van der Waals surface area (Å²) < 4.78 is 0. The minimum atomic E-state index is 0.687. The summed E-state index contributed by atoms with van der Waals surface area (Å²) in [7, 11) is 0. The van der Waals surface area contributed by atoms with Crippen molar-refractivity contribution in [2.75, 3.05) is 6.54 Å². The molecule has 0 aromatic carbocycles. The summed E-state index contributed by atoms with van der Waals surface area (Å²) in [6, 6.07) is 0.687. The van der Waals surface area contributed by atoms with Crippen molar-refractivity contribution in [2.24, 2.45) is 0 Å². The van der Waals surface area contributed by atoms with E-state index in [-0.39, 0.29) is 0 Å². The van der Waals surface area contributed by atoms with Gasteiger partial charge < -0.3 is 5.32 Å². The minimum absolute atomic E-state index is 0.687. The van der Waals surface area contributed by atoms with Crippen molar-refractivity contribution >= 4 is 0 Å². The van der Waals surface area contributed by atoms with E-state index in [1.165, 1.54) is 45.1 Å². The van der Waals surface area contributed by atoms with Crippen LogP contribution >= 0.6 is 0 Å². The quantitative estimate of drug-likeness (QED) is 0.620. The standard InChI is InChI=1S/C12H23N/c1-3-7-12(13-10-4-2)11-8-5-6-9-11/h8,12-13H,3-7,9-10H2,1-2H3. The molecule has 0 fully saturated rings. The lowest BCUT2D eigenvalue weighted by atomic mass is 10.0. The normalized spacial score (nSPS) is 18.8. The third-order valence-electron chi connectivity index (χ3n) is 2.74. The van der Waals surface area contributed by atoms with Crippen LogP contribution in [0.4, 0.5) is 0 Å². The molecule has 0 amide bonds. The molecule has 0 aliphatic heterocycles. The van der Waals surface area contributed by atoms with E-state index in [0.717, 1.165) is 0 Å². The molecule has 0 saturated carbocycles. The smallest absolute Gasteiger partial charge is 0.0279 e. The fraction of sp³-hybridized carbons (Fsp3) is 0.833. The van der Waals surface area contributed by atoms with E-state index in [0.29, 0.717) is 6.04 Å². The van der Waals surface area contributed by atoms with Crippen LogP contribution in [0.3, 0.4) is 0 Å². The van der Waals surface area contributed by atoms with Crippen LogP contribution < -0.4 is 5.32 Å². The van der Waals surface area contributed by atoms with Gasteiger partial charge in [0.2, 0.25) is 0 Å². The van der Waals surface area contributed by atoms with Crippen molar-refractivity contribution in [3.8, 4) is 0 Å². The van der Waals surface area contributed by atoms with Crippen LogP contribution in [-0.4, -0.2) is 12.6 Å². The van der Waals surface area contributed by atoms with Crippen LogP contribution in [0.25, 0.3) is 0 Å². The topological polar surface area (TPSA) is 12.0 Å². The Morgan fingerprint density at radius 2 is 2.23 bits per heavy atom. The van der Waals surface area contributed by atoms with Crippen molar-refractivity contribution in [1.82, 2.24) is 5.32 Å². The molecule has 0 saturated heterocycles. The van der Waals surface area contributed by atoms with Gasteiger partial charge in [0.25, 0.3) is 0 Å². The zero-order valence-corrected chi connectivity index (χ0v) is 9.10. The number of allylic oxidation sites excluding steroid dienone is 1. The van der Waals surface area contributed by atoms with E-state index in [1.54, 1.807) is 5.57 Å². The molecule has 1 aliphatic rings. The van der Waals surface area contributed by atoms with Gasteiger partial charge in [0.15, 0.2) is 0 Å². The first-order chi connectivity index (χ1) is 6.38. The van der Waals surface area contributed by atoms with E-state index in [9.17, 15) is 0 Å². The lowest BCUT2D eigenvalue weighted by Gasteiger charge is -2.19. The highest BCUT2D eigenvalue weighted by atomic mass is 14.9. The summed E-state index contributed by atoms with van der Waals surface area (Å²) in [6.45, 7) is 5.68. The minimum Gasteiger partial charge on any atom is -0.310 e. The van der Waals surface area contributed by atoms with Crippen LogP contribution in [0.5, 0.6) is 0 Å².